The Bertz CT molecular complexity index is 709. The van der Waals surface area contributed by atoms with E-state index in [9.17, 15) is 4.79 Å². The van der Waals surface area contributed by atoms with E-state index in [4.69, 9.17) is 0 Å². The van der Waals surface area contributed by atoms with Crippen LogP contribution in [-0.2, 0) is 11.2 Å². The van der Waals surface area contributed by atoms with Gasteiger partial charge in [-0.15, -0.1) is 0 Å². The molecular formula is C20H26N4O. The molecule has 0 aliphatic carbocycles. The Morgan fingerprint density at radius 1 is 1.20 bits per heavy atom. The number of piperazine rings is 1. The first-order valence-electron chi connectivity index (χ1n) is 8.85. The smallest absolute Gasteiger partial charge is 0.224 e. The van der Waals surface area contributed by atoms with Crippen LogP contribution in [0.1, 0.15) is 17.5 Å². The summed E-state index contributed by atoms with van der Waals surface area (Å²) in [5.74, 6) is 0.0410. The molecule has 1 saturated heterocycles. The van der Waals surface area contributed by atoms with Crippen molar-refractivity contribution in [3.63, 3.8) is 0 Å². The third-order valence-electron chi connectivity index (χ3n) is 4.72. The molecule has 5 nitrogen and oxygen atoms in total. The lowest BCUT2D eigenvalue weighted by atomic mass is 10.1. The van der Waals surface area contributed by atoms with E-state index in [-0.39, 0.29) is 5.91 Å². The van der Waals surface area contributed by atoms with Gasteiger partial charge >= 0.3 is 0 Å². The molecule has 1 aliphatic heterocycles. The van der Waals surface area contributed by atoms with Crippen molar-refractivity contribution in [3.8, 4) is 0 Å². The molecule has 1 N–H and O–H groups in total. The second kappa shape index (κ2) is 8.12. The molecule has 0 radical (unpaired) electrons. The predicted molar refractivity (Wildman–Crippen MR) is 102 cm³/mol. The van der Waals surface area contributed by atoms with Gasteiger partial charge in [0.1, 0.15) is 0 Å². The molecule has 0 atom stereocenters. The number of hydrogen-bond donors (Lipinski definition) is 1. The standard InChI is InChI=1S/C20H26N4O/c1-16-14-18(24-12-10-23(2)11-13-24)6-7-19(16)22-20(25)8-5-17-4-3-9-21-15-17/h3-4,6-7,9,14-15H,5,8,10-13H2,1-2H3,(H,22,25). The van der Waals surface area contributed by atoms with Crippen molar-refractivity contribution < 1.29 is 4.79 Å². The molecule has 1 aromatic carbocycles. The van der Waals surface area contributed by atoms with Crippen LogP contribution in [0.25, 0.3) is 0 Å². The highest BCUT2D eigenvalue weighted by atomic mass is 16.1. The second-order valence-electron chi connectivity index (χ2n) is 6.70. The zero-order valence-corrected chi connectivity index (χ0v) is 15.0. The third kappa shape index (κ3) is 4.79. The van der Waals surface area contributed by atoms with Crippen molar-refractivity contribution >= 4 is 17.3 Å². The summed E-state index contributed by atoms with van der Waals surface area (Å²) in [6.07, 6.45) is 4.72. The van der Waals surface area contributed by atoms with Crippen molar-refractivity contribution in [2.75, 3.05) is 43.4 Å². The molecule has 25 heavy (non-hydrogen) atoms. The van der Waals surface area contributed by atoms with E-state index in [0.29, 0.717) is 12.8 Å². The van der Waals surface area contributed by atoms with E-state index in [1.807, 2.05) is 24.4 Å². The molecule has 0 saturated carbocycles. The molecule has 1 fully saturated rings. The van der Waals surface area contributed by atoms with Crippen LogP contribution in [0.4, 0.5) is 11.4 Å². The summed E-state index contributed by atoms with van der Waals surface area (Å²) >= 11 is 0. The van der Waals surface area contributed by atoms with Crippen molar-refractivity contribution in [2.45, 2.75) is 19.8 Å². The first kappa shape index (κ1) is 17.4. The number of nitrogens with one attached hydrogen (secondary N) is 1. The largest absolute Gasteiger partial charge is 0.369 e. The van der Waals surface area contributed by atoms with E-state index >= 15 is 0 Å². The van der Waals surface area contributed by atoms with E-state index in [1.54, 1.807) is 6.20 Å². The van der Waals surface area contributed by atoms with E-state index in [1.165, 1.54) is 5.69 Å². The molecule has 0 spiro atoms. The minimum Gasteiger partial charge on any atom is -0.369 e. The van der Waals surface area contributed by atoms with Gasteiger partial charge in [0.05, 0.1) is 0 Å². The first-order chi connectivity index (χ1) is 12.1. The molecule has 0 unspecified atom stereocenters. The maximum Gasteiger partial charge on any atom is 0.224 e. The van der Waals surface area contributed by atoms with Gasteiger partial charge in [-0.1, -0.05) is 6.07 Å². The highest BCUT2D eigenvalue weighted by Crippen LogP contribution is 2.23. The lowest BCUT2D eigenvalue weighted by Gasteiger charge is -2.34. The summed E-state index contributed by atoms with van der Waals surface area (Å²) < 4.78 is 0. The average Bonchev–Trinajstić information content (AvgIpc) is 2.63. The molecule has 0 bridgehead atoms. The van der Waals surface area contributed by atoms with Crippen LogP contribution in [0.15, 0.2) is 42.7 Å². The minimum atomic E-state index is 0.0410. The van der Waals surface area contributed by atoms with Crippen LogP contribution in [0.3, 0.4) is 0 Å². The van der Waals surface area contributed by atoms with Crippen molar-refractivity contribution in [1.29, 1.82) is 0 Å². The molecular weight excluding hydrogens is 312 g/mol. The van der Waals surface area contributed by atoms with Crippen molar-refractivity contribution in [1.82, 2.24) is 9.88 Å². The van der Waals surface area contributed by atoms with Gasteiger partial charge in [0.25, 0.3) is 0 Å². The maximum atomic E-state index is 12.2. The number of anilines is 2. The number of carbonyl (C=O) groups excluding carboxylic acids is 1. The topological polar surface area (TPSA) is 48.5 Å². The molecule has 5 heteroatoms. The maximum absolute atomic E-state index is 12.2. The monoisotopic (exact) mass is 338 g/mol. The summed E-state index contributed by atoms with van der Waals surface area (Å²) in [7, 11) is 2.16. The van der Waals surface area contributed by atoms with Crippen LogP contribution >= 0.6 is 0 Å². The summed E-state index contributed by atoms with van der Waals surface area (Å²) in [5, 5.41) is 3.03. The Balaban J connectivity index is 1.56. The zero-order chi connectivity index (χ0) is 17.6. The molecule has 1 aromatic heterocycles. The Labute approximate surface area is 149 Å². The van der Waals surface area contributed by atoms with E-state index in [0.717, 1.165) is 43.0 Å². The van der Waals surface area contributed by atoms with Gasteiger partial charge in [0.2, 0.25) is 5.91 Å². The van der Waals surface area contributed by atoms with Gasteiger partial charge in [-0.05, 0) is 55.8 Å². The number of aryl methyl sites for hydroxylation is 2. The minimum absolute atomic E-state index is 0.0410. The fraction of sp³-hybridized carbons (Fsp3) is 0.400. The van der Waals surface area contributed by atoms with E-state index < -0.39 is 0 Å². The predicted octanol–water partition coefficient (Wildman–Crippen LogP) is 2.71. The number of likely N-dealkylation sites (N-methyl/N-ethyl adjacent to an activating group) is 1. The molecule has 2 heterocycles. The SMILES string of the molecule is Cc1cc(N2CCN(C)CC2)ccc1NC(=O)CCc1cccnc1. The van der Waals surface area contributed by atoms with Gasteiger partial charge < -0.3 is 15.1 Å². The highest BCUT2D eigenvalue weighted by Gasteiger charge is 2.15. The van der Waals surface area contributed by atoms with Crippen molar-refractivity contribution in [3.05, 3.63) is 53.9 Å². The number of carbonyl (C=O) groups is 1. The quantitative estimate of drug-likeness (QED) is 0.911. The molecule has 132 valence electrons. The molecule has 2 aromatic rings. The summed E-state index contributed by atoms with van der Waals surface area (Å²) in [4.78, 5) is 21.0. The number of hydrogen-bond acceptors (Lipinski definition) is 4. The van der Waals surface area contributed by atoms with Crippen LogP contribution < -0.4 is 10.2 Å². The third-order valence-corrected chi connectivity index (χ3v) is 4.72. The van der Waals surface area contributed by atoms with Crippen LogP contribution in [0, 0.1) is 6.92 Å². The number of amides is 1. The van der Waals surface area contributed by atoms with Gasteiger partial charge in [-0.2, -0.15) is 0 Å². The Morgan fingerprint density at radius 2 is 2.00 bits per heavy atom. The highest BCUT2D eigenvalue weighted by molar-refractivity contribution is 5.91. The Kier molecular flexibility index (Phi) is 5.66. The Hall–Kier alpha value is -2.40. The van der Waals surface area contributed by atoms with Gasteiger partial charge in [0.15, 0.2) is 0 Å². The van der Waals surface area contributed by atoms with Gasteiger partial charge in [0, 0.05) is 56.4 Å². The van der Waals surface area contributed by atoms with Crippen LogP contribution in [0.2, 0.25) is 0 Å². The first-order valence-corrected chi connectivity index (χ1v) is 8.85. The summed E-state index contributed by atoms with van der Waals surface area (Å²) in [6, 6.07) is 10.2. The number of benzene rings is 1. The summed E-state index contributed by atoms with van der Waals surface area (Å²) in [6.45, 7) is 6.33. The molecule has 3 rings (SSSR count). The second-order valence-corrected chi connectivity index (χ2v) is 6.70. The fourth-order valence-corrected chi connectivity index (χ4v) is 3.07. The number of pyridine rings is 1. The van der Waals surface area contributed by atoms with E-state index in [2.05, 4.69) is 46.2 Å². The van der Waals surface area contributed by atoms with Gasteiger partial charge in [-0.25, -0.2) is 0 Å². The molecule has 1 amide bonds. The zero-order valence-electron chi connectivity index (χ0n) is 15.0. The fourth-order valence-electron chi connectivity index (χ4n) is 3.07. The number of rotatable bonds is 5. The van der Waals surface area contributed by atoms with Crippen LogP contribution in [0.5, 0.6) is 0 Å². The number of aromatic nitrogens is 1. The van der Waals surface area contributed by atoms with Crippen molar-refractivity contribution in [2.24, 2.45) is 0 Å². The lowest BCUT2D eigenvalue weighted by molar-refractivity contribution is -0.116. The van der Waals surface area contributed by atoms with Gasteiger partial charge in [-0.3, -0.25) is 9.78 Å². The van der Waals surface area contributed by atoms with Crippen LogP contribution in [-0.4, -0.2) is 49.0 Å². The normalized spacial score (nSPS) is 15.2. The summed E-state index contributed by atoms with van der Waals surface area (Å²) in [5.41, 5.74) is 4.32. The number of nitrogens with zero attached hydrogens (tertiary/aromatic N) is 3. The lowest BCUT2D eigenvalue weighted by Crippen LogP contribution is -2.44. The average molecular weight is 338 g/mol. The molecule has 1 aliphatic rings. The Morgan fingerprint density at radius 3 is 2.68 bits per heavy atom.